The van der Waals surface area contributed by atoms with Crippen molar-refractivity contribution in [3.05, 3.63) is 34.3 Å². The highest BCUT2D eigenvalue weighted by atomic mass is 79.9. The van der Waals surface area contributed by atoms with Gasteiger partial charge in [-0.05, 0) is 30.5 Å². The monoisotopic (exact) mass is 301 g/mol. The standard InChI is InChI=1S/C13H20BrNO2/c14-13-5-3-12(4-6-13)11-15(7-1-9-16)8-2-10-17/h3-6,16-17H,1-2,7-11H2. The van der Waals surface area contributed by atoms with Crippen molar-refractivity contribution in [1.29, 1.82) is 0 Å². The van der Waals surface area contributed by atoms with Gasteiger partial charge in [0.15, 0.2) is 0 Å². The molecule has 1 aromatic carbocycles. The lowest BCUT2D eigenvalue weighted by atomic mass is 10.2. The van der Waals surface area contributed by atoms with Gasteiger partial charge in [0.1, 0.15) is 0 Å². The summed E-state index contributed by atoms with van der Waals surface area (Å²) in [6.45, 7) is 3.04. The zero-order valence-electron chi connectivity index (χ0n) is 9.98. The summed E-state index contributed by atoms with van der Waals surface area (Å²) in [6.07, 6.45) is 1.56. The first-order chi connectivity index (χ1) is 8.26. The maximum atomic E-state index is 8.86. The van der Waals surface area contributed by atoms with Crippen molar-refractivity contribution < 1.29 is 10.2 Å². The van der Waals surface area contributed by atoms with Crippen LogP contribution in [-0.4, -0.2) is 41.4 Å². The lowest BCUT2D eigenvalue weighted by molar-refractivity contribution is 0.196. The van der Waals surface area contributed by atoms with E-state index in [1.807, 2.05) is 12.1 Å². The van der Waals surface area contributed by atoms with Gasteiger partial charge in [0.05, 0.1) is 0 Å². The van der Waals surface area contributed by atoms with E-state index in [1.165, 1.54) is 5.56 Å². The van der Waals surface area contributed by atoms with Gasteiger partial charge in [0.25, 0.3) is 0 Å². The summed E-state index contributed by atoms with van der Waals surface area (Å²) in [6, 6.07) is 8.25. The van der Waals surface area contributed by atoms with Gasteiger partial charge in [0, 0.05) is 37.3 Å². The van der Waals surface area contributed by atoms with E-state index in [0.717, 1.165) is 36.9 Å². The highest BCUT2D eigenvalue weighted by Crippen LogP contribution is 2.12. The molecule has 1 aromatic rings. The van der Waals surface area contributed by atoms with Crippen molar-refractivity contribution in [2.75, 3.05) is 26.3 Å². The predicted octanol–water partition coefficient (Wildman–Crippen LogP) is 2.02. The van der Waals surface area contributed by atoms with Gasteiger partial charge in [-0.25, -0.2) is 0 Å². The largest absolute Gasteiger partial charge is 0.396 e. The maximum Gasteiger partial charge on any atom is 0.0443 e. The third kappa shape index (κ3) is 6.17. The summed E-state index contributed by atoms with van der Waals surface area (Å²) < 4.78 is 1.08. The van der Waals surface area contributed by atoms with Crippen LogP contribution in [0.3, 0.4) is 0 Å². The van der Waals surface area contributed by atoms with Crippen molar-refractivity contribution in [3.63, 3.8) is 0 Å². The lowest BCUT2D eigenvalue weighted by Gasteiger charge is -2.21. The topological polar surface area (TPSA) is 43.7 Å². The van der Waals surface area contributed by atoms with E-state index in [9.17, 15) is 0 Å². The van der Waals surface area contributed by atoms with Crippen LogP contribution in [-0.2, 0) is 6.54 Å². The van der Waals surface area contributed by atoms with Gasteiger partial charge in [-0.1, -0.05) is 28.1 Å². The van der Waals surface area contributed by atoms with E-state index in [-0.39, 0.29) is 13.2 Å². The predicted molar refractivity (Wildman–Crippen MR) is 72.8 cm³/mol. The average Bonchev–Trinajstić information content (AvgIpc) is 2.35. The summed E-state index contributed by atoms with van der Waals surface area (Å²) in [5.41, 5.74) is 1.25. The van der Waals surface area contributed by atoms with Gasteiger partial charge in [-0.3, -0.25) is 4.90 Å². The molecule has 0 amide bonds. The summed E-state index contributed by atoms with van der Waals surface area (Å²) in [5.74, 6) is 0. The fourth-order valence-corrected chi connectivity index (χ4v) is 1.97. The fraction of sp³-hybridized carbons (Fsp3) is 0.538. The average molecular weight is 302 g/mol. The minimum Gasteiger partial charge on any atom is -0.396 e. The van der Waals surface area contributed by atoms with Gasteiger partial charge >= 0.3 is 0 Å². The van der Waals surface area contributed by atoms with Crippen LogP contribution in [0.25, 0.3) is 0 Å². The molecule has 0 fully saturated rings. The molecular weight excluding hydrogens is 282 g/mol. The Morgan fingerprint density at radius 3 is 1.94 bits per heavy atom. The third-order valence-corrected chi connectivity index (χ3v) is 3.11. The number of benzene rings is 1. The molecule has 1 rings (SSSR count). The van der Waals surface area contributed by atoms with Gasteiger partial charge in [-0.2, -0.15) is 0 Å². The van der Waals surface area contributed by atoms with E-state index in [2.05, 4.69) is 33.0 Å². The quantitative estimate of drug-likeness (QED) is 0.772. The molecule has 3 nitrogen and oxygen atoms in total. The zero-order valence-corrected chi connectivity index (χ0v) is 11.6. The van der Waals surface area contributed by atoms with Crippen molar-refractivity contribution in [2.45, 2.75) is 19.4 Å². The van der Waals surface area contributed by atoms with Crippen molar-refractivity contribution in [1.82, 2.24) is 4.90 Å². The summed E-state index contributed by atoms with van der Waals surface area (Å²) in [5, 5.41) is 17.7. The fourth-order valence-electron chi connectivity index (χ4n) is 1.71. The molecule has 2 N–H and O–H groups in total. The van der Waals surface area contributed by atoms with E-state index >= 15 is 0 Å². The molecule has 0 aliphatic carbocycles. The molecule has 0 unspecified atom stereocenters. The molecule has 0 aliphatic rings. The molecule has 96 valence electrons. The van der Waals surface area contributed by atoms with Crippen LogP contribution in [0.5, 0.6) is 0 Å². The Kier molecular flexibility index (Phi) is 7.44. The van der Waals surface area contributed by atoms with Crippen LogP contribution in [0, 0.1) is 0 Å². The minimum absolute atomic E-state index is 0.218. The normalized spacial score (nSPS) is 11.1. The van der Waals surface area contributed by atoms with Crippen LogP contribution < -0.4 is 0 Å². The molecule has 0 aromatic heterocycles. The molecule has 0 saturated heterocycles. The summed E-state index contributed by atoms with van der Waals surface area (Å²) in [4.78, 5) is 2.26. The highest BCUT2D eigenvalue weighted by molar-refractivity contribution is 9.10. The molecule has 0 heterocycles. The minimum atomic E-state index is 0.218. The van der Waals surface area contributed by atoms with Crippen LogP contribution in [0.1, 0.15) is 18.4 Å². The molecular formula is C13H20BrNO2. The second-order valence-electron chi connectivity index (χ2n) is 4.06. The van der Waals surface area contributed by atoms with Crippen molar-refractivity contribution in [3.8, 4) is 0 Å². The summed E-state index contributed by atoms with van der Waals surface area (Å²) >= 11 is 3.42. The highest BCUT2D eigenvalue weighted by Gasteiger charge is 2.05. The van der Waals surface area contributed by atoms with Crippen LogP contribution in [0.4, 0.5) is 0 Å². The Bertz CT molecular complexity index is 295. The number of aliphatic hydroxyl groups excluding tert-OH is 2. The molecule has 0 aliphatic heterocycles. The first-order valence-corrected chi connectivity index (χ1v) is 6.74. The lowest BCUT2D eigenvalue weighted by Crippen LogP contribution is -2.26. The second kappa shape index (κ2) is 8.64. The van der Waals surface area contributed by atoms with Gasteiger partial charge < -0.3 is 10.2 Å². The number of hydrogen-bond donors (Lipinski definition) is 2. The van der Waals surface area contributed by atoms with Gasteiger partial charge in [0.2, 0.25) is 0 Å². The number of hydrogen-bond acceptors (Lipinski definition) is 3. The maximum absolute atomic E-state index is 8.86. The molecule has 0 atom stereocenters. The number of rotatable bonds is 8. The summed E-state index contributed by atoms with van der Waals surface area (Å²) in [7, 11) is 0. The molecule has 0 radical (unpaired) electrons. The Hall–Kier alpha value is -0.420. The molecule has 4 heteroatoms. The first-order valence-electron chi connectivity index (χ1n) is 5.95. The second-order valence-corrected chi connectivity index (χ2v) is 4.97. The van der Waals surface area contributed by atoms with E-state index in [4.69, 9.17) is 10.2 Å². The Morgan fingerprint density at radius 2 is 1.47 bits per heavy atom. The molecule has 0 saturated carbocycles. The Labute approximate surface area is 111 Å². The smallest absolute Gasteiger partial charge is 0.0443 e. The Balaban J connectivity index is 2.48. The number of halogens is 1. The van der Waals surface area contributed by atoms with Crippen LogP contribution >= 0.6 is 15.9 Å². The molecule has 0 spiro atoms. The third-order valence-electron chi connectivity index (χ3n) is 2.58. The SMILES string of the molecule is OCCCN(CCCO)Cc1ccc(Br)cc1. The first kappa shape index (κ1) is 14.6. The molecule has 17 heavy (non-hydrogen) atoms. The van der Waals surface area contributed by atoms with E-state index in [1.54, 1.807) is 0 Å². The molecule has 0 bridgehead atoms. The van der Waals surface area contributed by atoms with E-state index in [0.29, 0.717) is 0 Å². The van der Waals surface area contributed by atoms with Gasteiger partial charge in [-0.15, -0.1) is 0 Å². The number of aliphatic hydroxyl groups is 2. The zero-order chi connectivity index (χ0) is 12.5. The Morgan fingerprint density at radius 1 is 0.941 bits per heavy atom. The van der Waals surface area contributed by atoms with Crippen molar-refractivity contribution >= 4 is 15.9 Å². The van der Waals surface area contributed by atoms with Crippen molar-refractivity contribution in [2.24, 2.45) is 0 Å². The number of nitrogens with zero attached hydrogens (tertiary/aromatic N) is 1. The van der Waals surface area contributed by atoms with E-state index < -0.39 is 0 Å². The van der Waals surface area contributed by atoms with Crippen LogP contribution in [0.2, 0.25) is 0 Å². The van der Waals surface area contributed by atoms with Crippen LogP contribution in [0.15, 0.2) is 28.7 Å².